The van der Waals surface area contributed by atoms with E-state index < -0.39 is 0 Å². The highest BCUT2D eigenvalue weighted by molar-refractivity contribution is 5.78. The van der Waals surface area contributed by atoms with Crippen molar-refractivity contribution < 1.29 is 9.53 Å². The van der Waals surface area contributed by atoms with E-state index in [1.54, 1.807) is 25.3 Å². The average molecular weight is 179 g/mol. The van der Waals surface area contributed by atoms with Gasteiger partial charge in [0.2, 0.25) is 0 Å². The van der Waals surface area contributed by atoms with Crippen molar-refractivity contribution in [2.24, 2.45) is 5.73 Å². The maximum atomic E-state index is 10.6. The molecule has 0 spiro atoms. The lowest BCUT2D eigenvalue weighted by Crippen LogP contribution is -2.08. The Morgan fingerprint density at radius 1 is 1.54 bits per heavy atom. The molecule has 0 saturated carbocycles. The number of hydrogen-bond acceptors (Lipinski definition) is 3. The normalized spacial score (nSPS) is 12.2. The molecule has 0 amide bonds. The maximum Gasteiger partial charge on any atom is 0.150 e. The molecule has 1 aromatic carbocycles. The Kier molecular flexibility index (Phi) is 3.03. The van der Waals surface area contributed by atoms with Crippen molar-refractivity contribution in [3.05, 3.63) is 29.3 Å². The van der Waals surface area contributed by atoms with E-state index in [-0.39, 0.29) is 6.04 Å². The molecule has 1 unspecified atom stereocenters. The van der Waals surface area contributed by atoms with Gasteiger partial charge in [0.15, 0.2) is 0 Å². The number of benzene rings is 1. The number of carbonyl (C=O) groups is 1. The van der Waals surface area contributed by atoms with E-state index in [2.05, 4.69) is 0 Å². The molecule has 3 nitrogen and oxygen atoms in total. The Labute approximate surface area is 77.5 Å². The van der Waals surface area contributed by atoms with Crippen LogP contribution in [0.4, 0.5) is 0 Å². The molecule has 0 radical (unpaired) electrons. The molecular formula is C10H13NO2. The Bertz CT molecular complexity index is 308. The molecule has 3 heteroatoms. The minimum absolute atomic E-state index is 0.157. The van der Waals surface area contributed by atoms with Gasteiger partial charge in [-0.25, -0.2) is 0 Å². The highest BCUT2D eigenvalue weighted by atomic mass is 16.5. The summed E-state index contributed by atoms with van der Waals surface area (Å²) in [4.78, 5) is 10.6. The van der Waals surface area contributed by atoms with Crippen LogP contribution in [0, 0.1) is 0 Å². The van der Waals surface area contributed by atoms with Gasteiger partial charge in [-0.15, -0.1) is 0 Å². The maximum absolute atomic E-state index is 10.6. The number of rotatable bonds is 3. The van der Waals surface area contributed by atoms with Crippen molar-refractivity contribution in [3.63, 3.8) is 0 Å². The first-order valence-corrected chi connectivity index (χ1v) is 4.07. The fourth-order valence-corrected chi connectivity index (χ4v) is 1.18. The van der Waals surface area contributed by atoms with E-state index in [9.17, 15) is 4.79 Å². The zero-order valence-electron chi connectivity index (χ0n) is 7.78. The van der Waals surface area contributed by atoms with Crippen LogP contribution in [0.2, 0.25) is 0 Å². The van der Waals surface area contributed by atoms with Crippen molar-refractivity contribution in [2.45, 2.75) is 13.0 Å². The van der Waals surface area contributed by atoms with Crippen LogP contribution in [0.1, 0.15) is 28.9 Å². The predicted octanol–water partition coefficient (Wildman–Crippen LogP) is 1.53. The summed E-state index contributed by atoms with van der Waals surface area (Å²) in [6.45, 7) is 1.84. The molecule has 0 fully saturated rings. The van der Waals surface area contributed by atoms with Gasteiger partial charge in [0.1, 0.15) is 12.0 Å². The predicted molar refractivity (Wildman–Crippen MR) is 51.0 cm³/mol. The second-order valence-corrected chi connectivity index (χ2v) is 2.90. The molecule has 0 aliphatic heterocycles. The van der Waals surface area contributed by atoms with Crippen molar-refractivity contribution in [1.29, 1.82) is 0 Å². The number of nitrogens with two attached hydrogens (primary N) is 1. The van der Waals surface area contributed by atoms with Crippen LogP contribution in [0.15, 0.2) is 18.2 Å². The number of aldehydes is 1. The molecule has 0 bridgehead atoms. The summed E-state index contributed by atoms with van der Waals surface area (Å²) in [7, 11) is 1.58. The standard InChI is InChI=1S/C10H13NO2/c1-7(11)10-5-9(13-2)4-3-8(10)6-12/h3-7H,11H2,1-2H3. The quantitative estimate of drug-likeness (QED) is 0.716. The highest BCUT2D eigenvalue weighted by Crippen LogP contribution is 2.20. The molecule has 1 rings (SSSR count). The van der Waals surface area contributed by atoms with Gasteiger partial charge < -0.3 is 10.5 Å². The Morgan fingerprint density at radius 3 is 2.69 bits per heavy atom. The fraction of sp³-hybridized carbons (Fsp3) is 0.300. The zero-order chi connectivity index (χ0) is 9.84. The lowest BCUT2D eigenvalue weighted by Gasteiger charge is -2.10. The van der Waals surface area contributed by atoms with Crippen LogP contribution in [-0.4, -0.2) is 13.4 Å². The van der Waals surface area contributed by atoms with Crippen molar-refractivity contribution in [2.75, 3.05) is 7.11 Å². The second-order valence-electron chi connectivity index (χ2n) is 2.90. The summed E-state index contributed by atoms with van der Waals surface area (Å²) in [5, 5.41) is 0. The third-order valence-electron chi connectivity index (χ3n) is 1.91. The first-order chi connectivity index (χ1) is 6.19. The van der Waals surface area contributed by atoms with Gasteiger partial charge in [0, 0.05) is 11.6 Å². The molecular weight excluding hydrogens is 166 g/mol. The molecule has 0 aromatic heterocycles. The SMILES string of the molecule is COc1ccc(C=O)c(C(C)N)c1. The van der Waals surface area contributed by atoms with E-state index in [1.165, 1.54) is 0 Å². The van der Waals surface area contributed by atoms with Crippen molar-refractivity contribution >= 4 is 6.29 Å². The third kappa shape index (κ3) is 2.06. The number of ether oxygens (including phenoxy) is 1. The molecule has 1 aromatic rings. The summed E-state index contributed by atoms with van der Waals surface area (Å²) in [6, 6.07) is 5.09. The van der Waals surface area contributed by atoms with Gasteiger partial charge >= 0.3 is 0 Å². The molecule has 70 valence electrons. The van der Waals surface area contributed by atoms with Crippen LogP contribution in [0.5, 0.6) is 5.75 Å². The molecule has 0 aliphatic rings. The Balaban J connectivity index is 3.17. The molecule has 0 aliphatic carbocycles. The number of carbonyl (C=O) groups excluding carboxylic acids is 1. The zero-order valence-corrected chi connectivity index (χ0v) is 7.78. The second kappa shape index (κ2) is 4.05. The number of hydrogen-bond donors (Lipinski definition) is 1. The third-order valence-corrected chi connectivity index (χ3v) is 1.91. The van der Waals surface area contributed by atoms with Gasteiger partial charge in [-0.2, -0.15) is 0 Å². The lowest BCUT2D eigenvalue weighted by atomic mass is 10.0. The summed E-state index contributed by atoms with van der Waals surface area (Å²) < 4.78 is 5.03. The first kappa shape index (κ1) is 9.74. The van der Waals surface area contributed by atoms with Gasteiger partial charge in [-0.3, -0.25) is 4.79 Å². The van der Waals surface area contributed by atoms with Crippen LogP contribution >= 0.6 is 0 Å². The van der Waals surface area contributed by atoms with Crippen LogP contribution < -0.4 is 10.5 Å². The van der Waals surface area contributed by atoms with Crippen LogP contribution in [-0.2, 0) is 0 Å². The van der Waals surface area contributed by atoms with Crippen molar-refractivity contribution in [3.8, 4) is 5.75 Å². The molecule has 0 heterocycles. The minimum atomic E-state index is -0.157. The van der Waals surface area contributed by atoms with Crippen LogP contribution in [0.25, 0.3) is 0 Å². The summed E-state index contributed by atoms with van der Waals surface area (Å²) in [6.07, 6.45) is 0.804. The number of methoxy groups -OCH3 is 1. The van der Waals surface area contributed by atoms with E-state index in [0.29, 0.717) is 5.56 Å². The van der Waals surface area contributed by atoms with Gasteiger partial charge in [0.25, 0.3) is 0 Å². The highest BCUT2D eigenvalue weighted by Gasteiger charge is 2.07. The van der Waals surface area contributed by atoms with E-state index >= 15 is 0 Å². The monoisotopic (exact) mass is 179 g/mol. The fourth-order valence-electron chi connectivity index (χ4n) is 1.18. The summed E-state index contributed by atoms with van der Waals surface area (Å²) in [5.41, 5.74) is 7.13. The van der Waals surface area contributed by atoms with Crippen molar-refractivity contribution in [1.82, 2.24) is 0 Å². The minimum Gasteiger partial charge on any atom is -0.497 e. The largest absolute Gasteiger partial charge is 0.497 e. The Morgan fingerprint density at radius 2 is 2.23 bits per heavy atom. The van der Waals surface area contributed by atoms with Crippen LogP contribution in [0.3, 0.4) is 0 Å². The van der Waals surface area contributed by atoms with E-state index in [4.69, 9.17) is 10.5 Å². The Hall–Kier alpha value is -1.35. The molecule has 2 N–H and O–H groups in total. The van der Waals surface area contributed by atoms with Gasteiger partial charge in [-0.05, 0) is 30.7 Å². The van der Waals surface area contributed by atoms with Gasteiger partial charge in [-0.1, -0.05) is 0 Å². The summed E-state index contributed by atoms with van der Waals surface area (Å²) in [5.74, 6) is 0.720. The smallest absolute Gasteiger partial charge is 0.150 e. The average Bonchev–Trinajstić information content (AvgIpc) is 2.16. The lowest BCUT2D eigenvalue weighted by molar-refractivity contribution is 0.112. The van der Waals surface area contributed by atoms with E-state index in [1.807, 2.05) is 6.92 Å². The molecule has 1 atom stereocenters. The topological polar surface area (TPSA) is 52.3 Å². The molecule has 13 heavy (non-hydrogen) atoms. The molecule has 0 saturated heterocycles. The first-order valence-electron chi connectivity index (χ1n) is 4.07. The summed E-state index contributed by atoms with van der Waals surface area (Å²) >= 11 is 0. The van der Waals surface area contributed by atoms with Gasteiger partial charge in [0.05, 0.1) is 7.11 Å². The van der Waals surface area contributed by atoms with E-state index in [0.717, 1.165) is 17.6 Å².